The third-order valence-electron chi connectivity index (χ3n) is 4.59. The number of halogens is 1. The topological polar surface area (TPSA) is 115 Å². The summed E-state index contributed by atoms with van der Waals surface area (Å²) in [5.41, 5.74) is 0.506. The molecule has 2 unspecified atom stereocenters. The number of sulfonamides is 1. The third-order valence-corrected chi connectivity index (χ3v) is 7.95. The molecule has 9 nitrogen and oxygen atoms in total. The molecule has 2 heterocycles. The molecule has 0 spiro atoms. The molecule has 31 heavy (non-hydrogen) atoms. The van der Waals surface area contributed by atoms with Crippen LogP contribution in [0.4, 0.5) is 5.13 Å². The van der Waals surface area contributed by atoms with Crippen molar-refractivity contribution in [2.24, 2.45) is 0 Å². The SMILES string of the molecule is COC(=O)c1sc(NC(=O)c2ccc(Cl)c(S(=O)(=O)N3CC(C)OC(C)C3)c2)nc1C. The van der Waals surface area contributed by atoms with Gasteiger partial charge in [-0.15, -0.1) is 0 Å². The zero-order valence-corrected chi connectivity index (χ0v) is 19.7. The fourth-order valence-electron chi connectivity index (χ4n) is 3.21. The Morgan fingerprint density at radius 3 is 2.55 bits per heavy atom. The minimum absolute atomic E-state index is 0.0152. The Morgan fingerprint density at radius 1 is 1.29 bits per heavy atom. The first kappa shape index (κ1) is 23.6. The Hall–Kier alpha value is -2.05. The standard InChI is InChI=1S/C19H22ClN3O6S2/c1-10-8-23(9-11(2)29-10)31(26,27)15-7-13(5-6-14(15)20)17(24)22-19-21-12(3)16(30-19)18(25)28-4/h5-7,10-11H,8-9H2,1-4H3,(H,21,22,24). The van der Waals surface area contributed by atoms with Crippen molar-refractivity contribution in [2.45, 2.75) is 37.9 Å². The summed E-state index contributed by atoms with van der Waals surface area (Å²) in [4.78, 5) is 28.7. The Labute approximate surface area is 189 Å². The van der Waals surface area contributed by atoms with Gasteiger partial charge >= 0.3 is 5.97 Å². The van der Waals surface area contributed by atoms with Crippen LogP contribution in [0.15, 0.2) is 23.1 Å². The molecule has 12 heteroatoms. The van der Waals surface area contributed by atoms with E-state index in [1.54, 1.807) is 20.8 Å². The van der Waals surface area contributed by atoms with Crippen LogP contribution in [0.25, 0.3) is 0 Å². The van der Waals surface area contributed by atoms with E-state index in [0.717, 1.165) is 11.3 Å². The minimum atomic E-state index is -3.94. The summed E-state index contributed by atoms with van der Waals surface area (Å²) in [5.74, 6) is -1.13. The van der Waals surface area contributed by atoms with Gasteiger partial charge in [0.25, 0.3) is 5.91 Å². The number of methoxy groups -OCH3 is 1. The first-order valence-electron chi connectivity index (χ1n) is 9.35. The Balaban J connectivity index is 1.87. The lowest BCUT2D eigenvalue weighted by atomic mass is 10.2. The van der Waals surface area contributed by atoms with E-state index in [0.29, 0.717) is 5.69 Å². The maximum Gasteiger partial charge on any atom is 0.350 e. The molecular weight excluding hydrogens is 466 g/mol. The van der Waals surface area contributed by atoms with Gasteiger partial charge in [-0.3, -0.25) is 10.1 Å². The van der Waals surface area contributed by atoms with Crippen molar-refractivity contribution in [3.8, 4) is 0 Å². The number of nitrogens with one attached hydrogen (secondary N) is 1. The van der Waals surface area contributed by atoms with Gasteiger partial charge in [0.15, 0.2) is 5.13 Å². The second-order valence-corrected chi connectivity index (χ2v) is 10.4. The number of ether oxygens (including phenoxy) is 2. The largest absolute Gasteiger partial charge is 0.465 e. The van der Waals surface area contributed by atoms with Crippen molar-refractivity contribution in [3.63, 3.8) is 0 Å². The van der Waals surface area contributed by atoms with E-state index in [1.807, 2.05) is 0 Å². The average molecular weight is 488 g/mol. The second-order valence-electron chi connectivity index (χ2n) is 7.10. The number of carbonyl (C=O) groups excluding carboxylic acids is 2. The minimum Gasteiger partial charge on any atom is -0.465 e. The first-order chi connectivity index (χ1) is 14.5. The number of amides is 1. The van der Waals surface area contributed by atoms with Crippen LogP contribution < -0.4 is 5.32 Å². The summed E-state index contributed by atoms with van der Waals surface area (Å²) in [6.45, 7) is 5.59. The van der Waals surface area contributed by atoms with Gasteiger partial charge in [-0.1, -0.05) is 22.9 Å². The lowest BCUT2D eigenvalue weighted by Gasteiger charge is -2.34. The van der Waals surface area contributed by atoms with Crippen molar-refractivity contribution < 1.29 is 27.5 Å². The van der Waals surface area contributed by atoms with Crippen molar-refractivity contribution in [1.29, 1.82) is 0 Å². The van der Waals surface area contributed by atoms with Crippen LogP contribution in [0.5, 0.6) is 0 Å². The summed E-state index contributed by atoms with van der Waals surface area (Å²) in [6.07, 6.45) is -0.526. The van der Waals surface area contributed by atoms with Crippen LogP contribution in [0.3, 0.4) is 0 Å². The predicted octanol–water partition coefficient (Wildman–Crippen LogP) is 2.94. The highest BCUT2D eigenvalue weighted by Crippen LogP contribution is 2.29. The molecule has 1 aliphatic heterocycles. The highest BCUT2D eigenvalue weighted by Gasteiger charge is 2.34. The van der Waals surface area contributed by atoms with Gasteiger partial charge in [-0.05, 0) is 39.0 Å². The van der Waals surface area contributed by atoms with Crippen LogP contribution >= 0.6 is 22.9 Å². The summed E-state index contributed by atoms with van der Waals surface area (Å²) in [6, 6.07) is 4.02. The van der Waals surface area contributed by atoms with Gasteiger partial charge < -0.3 is 9.47 Å². The maximum atomic E-state index is 13.2. The van der Waals surface area contributed by atoms with Gasteiger partial charge in [0, 0.05) is 18.7 Å². The van der Waals surface area contributed by atoms with E-state index in [4.69, 9.17) is 16.3 Å². The number of esters is 1. The zero-order chi connectivity index (χ0) is 22.9. The molecule has 1 aromatic carbocycles. The molecule has 1 aromatic heterocycles. The highest BCUT2D eigenvalue weighted by molar-refractivity contribution is 7.89. The van der Waals surface area contributed by atoms with Crippen LogP contribution in [0, 0.1) is 6.92 Å². The smallest absolute Gasteiger partial charge is 0.350 e. The molecule has 3 rings (SSSR count). The third kappa shape index (κ3) is 5.07. The number of anilines is 1. The van der Waals surface area contributed by atoms with Gasteiger partial charge in [0.05, 0.1) is 30.0 Å². The van der Waals surface area contributed by atoms with Gasteiger partial charge in [0.1, 0.15) is 9.77 Å². The van der Waals surface area contributed by atoms with Crippen LogP contribution in [-0.2, 0) is 19.5 Å². The molecule has 1 fully saturated rings. The zero-order valence-electron chi connectivity index (χ0n) is 17.3. The normalized spacial score (nSPS) is 19.8. The maximum absolute atomic E-state index is 13.2. The Morgan fingerprint density at radius 2 is 1.94 bits per heavy atom. The van der Waals surface area contributed by atoms with E-state index >= 15 is 0 Å². The first-order valence-corrected chi connectivity index (χ1v) is 12.0. The molecule has 1 N–H and O–H groups in total. The van der Waals surface area contributed by atoms with Crippen molar-refractivity contribution in [2.75, 3.05) is 25.5 Å². The predicted molar refractivity (Wildman–Crippen MR) is 116 cm³/mol. The molecule has 2 atom stereocenters. The molecule has 1 saturated heterocycles. The number of hydrogen-bond acceptors (Lipinski definition) is 8. The molecule has 1 aliphatic rings. The number of nitrogens with zero attached hydrogens (tertiary/aromatic N) is 2. The van der Waals surface area contributed by atoms with E-state index in [-0.39, 0.29) is 50.8 Å². The van der Waals surface area contributed by atoms with E-state index < -0.39 is 21.9 Å². The molecule has 2 aromatic rings. The molecule has 0 aliphatic carbocycles. The summed E-state index contributed by atoms with van der Waals surface area (Å²) >= 11 is 7.15. The number of aryl methyl sites for hydroxylation is 1. The van der Waals surface area contributed by atoms with Gasteiger partial charge in [0.2, 0.25) is 10.0 Å². The van der Waals surface area contributed by atoms with Crippen LogP contribution in [0.2, 0.25) is 5.02 Å². The number of hydrogen-bond donors (Lipinski definition) is 1. The Bertz CT molecular complexity index is 1110. The summed E-state index contributed by atoms with van der Waals surface area (Å²) < 4.78 is 38.0. The van der Waals surface area contributed by atoms with Crippen LogP contribution in [-0.4, -0.2) is 62.0 Å². The second kappa shape index (κ2) is 9.21. The van der Waals surface area contributed by atoms with Crippen molar-refractivity contribution >= 4 is 50.0 Å². The van der Waals surface area contributed by atoms with Crippen molar-refractivity contribution in [3.05, 3.63) is 39.4 Å². The summed E-state index contributed by atoms with van der Waals surface area (Å²) in [5, 5.41) is 2.79. The highest BCUT2D eigenvalue weighted by atomic mass is 35.5. The molecular formula is C19H22ClN3O6S2. The molecule has 0 saturated carbocycles. The molecule has 0 radical (unpaired) electrons. The quantitative estimate of drug-likeness (QED) is 0.644. The fraction of sp³-hybridized carbons (Fsp3) is 0.421. The number of benzene rings is 1. The van der Waals surface area contributed by atoms with Crippen LogP contribution in [0.1, 0.15) is 39.6 Å². The van der Waals surface area contributed by atoms with E-state index in [1.165, 1.54) is 29.6 Å². The molecule has 1 amide bonds. The van der Waals surface area contributed by atoms with Crippen molar-refractivity contribution in [1.82, 2.24) is 9.29 Å². The Kier molecular flexibility index (Phi) is 7.01. The number of aromatic nitrogens is 1. The van der Waals surface area contributed by atoms with E-state index in [2.05, 4.69) is 15.0 Å². The van der Waals surface area contributed by atoms with Gasteiger partial charge in [-0.25, -0.2) is 18.2 Å². The lowest BCUT2D eigenvalue weighted by Crippen LogP contribution is -2.48. The average Bonchev–Trinajstić information content (AvgIpc) is 3.06. The van der Waals surface area contributed by atoms with Gasteiger partial charge in [-0.2, -0.15) is 4.31 Å². The number of morpholine rings is 1. The van der Waals surface area contributed by atoms with E-state index in [9.17, 15) is 18.0 Å². The number of carbonyl (C=O) groups is 2. The summed E-state index contributed by atoms with van der Waals surface area (Å²) in [7, 11) is -2.68. The lowest BCUT2D eigenvalue weighted by molar-refractivity contribution is -0.0440. The number of thiazole rings is 1. The fourth-order valence-corrected chi connectivity index (χ4v) is 6.18. The monoisotopic (exact) mass is 487 g/mol. The number of rotatable bonds is 5. The molecule has 0 bridgehead atoms. The molecule has 168 valence electrons.